The van der Waals surface area contributed by atoms with Gasteiger partial charge in [-0.25, -0.2) is 4.99 Å². The zero-order valence-electron chi connectivity index (χ0n) is 10.5. The first-order valence-corrected chi connectivity index (χ1v) is 6.93. The molecule has 2 heterocycles. The Balaban J connectivity index is 2.23. The van der Waals surface area contributed by atoms with Gasteiger partial charge in [-0.1, -0.05) is 13.0 Å². The van der Waals surface area contributed by atoms with E-state index < -0.39 is 0 Å². The molecule has 0 aromatic carbocycles. The summed E-state index contributed by atoms with van der Waals surface area (Å²) in [6.07, 6.45) is 2.70. The molecule has 1 fully saturated rings. The van der Waals surface area contributed by atoms with E-state index in [9.17, 15) is 4.79 Å². The van der Waals surface area contributed by atoms with Crippen molar-refractivity contribution in [3.05, 3.63) is 28.1 Å². The highest BCUT2D eigenvalue weighted by Crippen LogP contribution is 2.21. The lowest BCUT2D eigenvalue weighted by molar-refractivity contribution is -0.122. The Bertz CT molecular complexity index is 477. The lowest BCUT2D eigenvalue weighted by Crippen LogP contribution is -2.29. The Kier molecular flexibility index (Phi) is 4.15. The average Bonchev–Trinajstić information content (AvgIpc) is 2.97. The maximum absolute atomic E-state index is 12.1. The smallest absolute Gasteiger partial charge is 0.300 e. The minimum absolute atomic E-state index is 0.110. The molecule has 1 aromatic rings. The first-order chi connectivity index (χ1) is 8.76. The Morgan fingerprint density at radius 2 is 2.33 bits per heavy atom. The van der Waals surface area contributed by atoms with Crippen LogP contribution < -0.4 is 0 Å². The molecule has 18 heavy (non-hydrogen) atoms. The van der Waals surface area contributed by atoms with Crippen molar-refractivity contribution >= 4 is 29.3 Å². The molecule has 1 saturated heterocycles. The summed E-state index contributed by atoms with van der Waals surface area (Å²) in [6, 6.07) is 4.32. The van der Waals surface area contributed by atoms with Crippen LogP contribution >= 0.6 is 11.3 Å². The number of ether oxygens (including phenoxy) is 1. The predicted molar refractivity (Wildman–Crippen MR) is 73.4 cm³/mol. The minimum Gasteiger partial charge on any atom is -0.420 e. The van der Waals surface area contributed by atoms with E-state index in [0.717, 1.165) is 11.3 Å². The maximum Gasteiger partial charge on any atom is 0.300 e. The van der Waals surface area contributed by atoms with Crippen molar-refractivity contribution in [2.24, 2.45) is 4.99 Å². The van der Waals surface area contributed by atoms with Gasteiger partial charge in [0.2, 0.25) is 0 Å². The number of carbonyl (C=O) groups excluding carboxylic acids is 1. The summed E-state index contributed by atoms with van der Waals surface area (Å²) in [4.78, 5) is 18.9. The molecule has 4 nitrogen and oxygen atoms in total. The number of carbonyl (C=O) groups is 1. The first kappa shape index (κ1) is 12.8. The molecule has 0 atom stereocenters. The van der Waals surface area contributed by atoms with Gasteiger partial charge in [0.1, 0.15) is 0 Å². The average molecular weight is 264 g/mol. The number of amidine groups is 1. The lowest BCUT2D eigenvalue weighted by atomic mass is 10.3. The van der Waals surface area contributed by atoms with Crippen LogP contribution in [0.2, 0.25) is 0 Å². The van der Waals surface area contributed by atoms with E-state index >= 15 is 0 Å². The third kappa shape index (κ3) is 2.61. The molecule has 0 saturated carbocycles. The molecule has 1 aliphatic rings. The van der Waals surface area contributed by atoms with E-state index in [2.05, 4.69) is 4.99 Å². The molecule has 0 unspecified atom stereocenters. The van der Waals surface area contributed by atoms with Crippen LogP contribution in [-0.4, -0.2) is 29.9 Å². The van der Waals surface area contributed by atoms with E-state index in [-0.39, 0.29) is 5.91 Å². The third-order valence-electron chi connectivity index (χ3n) is 2.49. The van der Waals surface area contributed by atoms with Crippen molar-refractivity contribution in [3.63, 3.8) is 0 Å². The van der Waals surface area contributed by atoms with E-state index in [4.69, 9.17) is 4.74 Å². The standard InChI is InChI=1S/C13H16N2O2S/c1-3-7-14-13-15(4-2)12(16)11(17-13)9-10-6-5-8-18-10/h5-6,8-9H,3-4,7H2,1-2H3. The summed E-state index contributed by atoms with van der Waals surface area (Å²) in [5, 5.41) is 1.97. The van der Waals surface area contributed by atoms with Crippen molar-refractivity contribution in [1.82, 2.24) is 4.90 Å². The molecule has 1 aliphatic heterocycles. The Hall–Kier alpha value is -1.62. The number of hydrogen-bond donors (Lipinski definition) is 0. The van der Waals surface area contributed by atoms with E-state index in [1.54, 1.807) is 22.3 Å². The number of thiophene rings is 1. The monoisotopic (exact) mass is 264 g/mol. The zero-order chi connectivity index (χ0) is 13.0. The van der Waals surface area contributed by atoms with Crippen molar-refractivity contribution in [3.8, 4) is 0 Å². The summed E-state index contributed by atoms with van der Waals surface area (Å²) in [5.74, 6) is 0.245. The highest BCUT2D eigenvalue weighted by atomic mass is 32.1. The van der Waals surface area contributed by atoms with E-state index in [1.165, 1.54) is 0 Å². The molecule has 5 heteroatoms. The Labute approximate surface area is 111 Å². The second-order valence-corrected chi connectivity index (χ2v) is 4.82. The van der Waals surface area contributed by atoms with Gasteiger partial charge >= 0.3 is 0 Å². The van der Waals surface area contributed by atoms with Crippen LogP contribution in [0.15, 0.2) is 28.3 Å². The van der Waals surface area contributed by atoms with Gasteiger partial charge in [-0.3, -0.25) is 9.69 Å². The number of rotatable bonds is 4. The highest BCUT2D eigenvalue weighted by molar-refractivity contribution is 7.10. The molecule has 0 bridgehead atoms. The number of nitrogens with zero attached hydrogens (tertiary/aromatic N) is 2. The van der Waals surface area contributed by atoms with E-state index in [1.807, 2.05) is 31.4 Å². The second-order valence-electron chi connectivity index (χ2n) is 3.84. The quantitative estimate of drug-likeness (QED) is 0.785. The fourth-order valence-electron chi connectivity index (χ4n) is 1.61. The predicted octanol–water partition coefficient (Wildman–Crippen LogP) is 2.73. The van der Waals surface area contributed by atoms with Crippen LogP contribution in [0.4, 0.5) is 0 Å². The van der Waals surface area contributed by atoms with Crippen LogP contribution in [0.3, 0.4) is 0 Å². The molecule has 0 aliphatic carbocycles. The fourth-order valence-corrected chi connectivity index (χ4v) is 2.26. The highest BCUT2D eigenvalue weighted by Gasteiger charge is 2.33. The van der Waals surface area contributed by atoms with Gasteiger partial charge in [-0.15, -0.1) is 11.3 Å². The van der Waals surface area contributed by atoms with Crippen molar-refractivity contribution in [2.75, 3.05) is 13.1 Å². The number of likely N-dealkylation sites (N-methyl/N-ethyl adjacent to an activating group) is 1. The molecule has 0 N–H and O–H groups in total. The van der Waals surface area contributed by atoms with Crippen LogP contribution in [0.5, 0.6) is 0 Å². The molecule has 0 spiro atoms. The number of amides is 1. The van der Waals surface area contributed by atoms with Crippen LogP contribution in [0.25, 0.3) is 6.08 Å². The van der Waals surface area contributed by atoms with Gasteiger partial charge in [-0.2, -0.15) is 0 Å². The Morgan fingerprint density at radius 3 is 2.94 bits per heavy atom. The maximum atomic E-state index is 12.1. The molecule has 2 rings (SSSR count). The first-order valence-electron chi connectivity index (χ1n) is 6.05. The van der Waals surface area contributed by atoms with Gasteiger partial charge in [0.15, 0.2) is 5.76 Å². The van der Waals surface area contributed by atoms with E-state index in [0.29, 0.717) is 24.9 Å². The Morgan fingerprint density at radius 1 is 1.50 bits per heavy atom. The molecule has 0 radical (unpaired) electrons. The lowest BCUT2D eigenvalue weighted by Gasteiger charge is -2.08. The van der Waals surface area contributed by atoms with Crippen LogP contribution in [0, 0.1) is 0 Å². The topological polar surface area (TPSA) is 41.9 Å². The largest absolute Gasteiger partial charge is 0.420 e. The minimum atomic E-state index is -0.110. The normalized spacial score (nSPS) is 19.9. The van der Waals surface area contributed by atoms with Gasteiger partial charge in [0.05, 0.1) is 0 Å². The van der Waals surface area contributed by atoms with Gasteiger partial charge in [0, 0.05) is 24.0 Å². The fraction of sp³-hybridized carbons (Fsp3) is 0.385. The zero-order valence-corrected chi connectivity index (χ0v) is 11.4. The molecule has 1 amide bonds. The van der Waals surface area contributed by atoms with Crippen molar-refractivity contribution < 1.29 is 9.53 Å². The summed E-state index contributed by atoms with van der Waals surface area (Å²) in [6.45, 7) is 5.20. The molecular formula is C13H16N2O2S. The summed E-state index contributed by atoms with van der Waals surface area (Å²) in [5.41, 5.74) is 0. The van der Waals surface area contributed by atoms with Gasteiger partial charge < -0.3 is 4.74 Å². The summed E-state index contributed by atoms with van der Waals surface area (Å²) in [7, 11) is 0. The summed E-state index contributed by atoms with van der Waals surface area (Å²) >= 11 is 1.57. The molecule has 1 aromatic heterocycles. The van der Waals surface area contributed by atoms with Gasteiger partial charge in [-0.05, 0) is 24.8 Å². The van der Waals surface area contributed by atoms with Gasteiger partial charge in [0.25, 0.3) is 11.9 Å². The van der Waals surface area contributed by atoms with Crippen molar-refractivity contribution in [1.29, 1.82) is 0 Å². The second kappa shape index (κ2) is 5.82. The molecular weight excluding hydrogens is 248 g/mol. The number of aliphatic imine (C=N–C) groups is 1. The van der Waals surface area contributed by atoms with Crippen LogP contribution in [0.1, 0.15) is 25.1 Å². The molecule has 96 valence electrons. The SMILES string of the molecule is CCCN=C1OC(=Cc2cccs2)C(=O)N1CC. The third-order valence-corrected chi connectivity index (χ3v) is 3.31. The van der Waals surface area contributed by atoms with Crippen molar-refractivity contribution in [2.45, 2.75) is 20.3 Å². The number of hydrogen-bond acceptors (Lipinski definition) is 4. The summed E-state index contributed by atoms with van der Waals surface area (Å²) < 4.78 is 5.55. The van der Waals surface area contributed by atoms with Crippen LogP contribution in [-0.2, 0) is 9.53 Å².